The van der Waals surface area contributed by atoms with Crippen molar-refractivity contribution in [3.8, 4) is 5.75 Å². The summed E-state index contributed by atoms with van der Waals surface area (Å²) in [6.45, 7) is 0.460. The van der Waals surface area contributed by atoms with Gasteiger partial charge in [-0.1, -0.05) is 78.0 Å². The van der Waals surface area contributed by atoms with Gasteiger partial charge in [-0.3, -0.25) is 4.79 Å². The van der Waals surface area contributed by atoms with E-state index in [-0.39, 0.29) is 11.8 Å². The first-order valence-corrected chi connectivity index (χ1v) is 14.0. The summed E-state index contributed by atoms with van der Waals surface area (Å²) < 4.78 is 6.34. The minimum absolute atomic E-state index is 0.0932. The number of fused-ring (bicyclic) bond motifs is 1. The summed E-state index contributed by atoms with van der Waals surface area (Å²) in [7, 11) is 1.65. The molecule has 0 saturated carbocycles. The van der Waals surface area contributed by atoms with Gasteiger partial charge in [0.1, 0.15) is 5.75 Å². The summed E-state index contributed by atoms with van der Waals surface area (Å²) in [5.41, 5.74) is 5.91. The van der Waals surface area contributed by atoms with Crippen LogP contribution in [0.25, 0.3) is 0 Å². The normalized spacial score (nSPS) is 15.8. The highest BCUT2D eigenvalue weighted by atomic mass is 32.2. The van der Waals surface area contributed by atoms with Crippen molar-refractivity contribution in [3.05, 3.63) is 118 Å². The van der Waals surface area contributed by atoms with E-state index in [0.29, 0.717) is 30.0 Å². The maximum atomic E-state index is 13.5. The van der Waals surface area contributed by atoms with E-state index in [9.17, 15) is 10.0 Å². The molecule has 1 amide bonds. The highest BCUT2D eigenvalue weighted by Crippen LogP contribution is 2.45. The van der Waals surface area contributed by atoms with Crippen LogP contribution in [0.1, 0.15) is 49.8 Å². The van der Waals surface area contributed by atoms with Crippen molar-refractivity contribution in [3.63, 3.8) is 0 Å². The van der Waals surface area contributed by atoms with E-state index in [1.807, 2.05) is 60.7 Å². The molecule has 0 spiro atoms. The van der Waals surface area contributed by atoms with Crippen molar-refractivity contribution >= 4 is 34.7 Å². The third-order valence-corrected chi connectivity index (χ3v) is 9.15. The number of benzene rings is 3. The Labute approximate surface area is 225 Å². The summed E-state index contributed by atoms with van der Waals surface area (Å²) in [5, 5.41) is 16.9. The fourth-order valence-corrected chi connectivity index (χ4v) is 7.19. The molecule has 1 atom stereocenters. The standard InChI is InChI=1S/C30H28N2O3S2/c1-35-24-14-12-22(13-15-24)23-16-25-27(26(17-23)32-34)30(36-19-21-10-6-3-7-11-21)37-28(25)29(33)31-18-20-8-4-2-5-9-20/h2-15,23,34H,16-19H2,1H3,(H,31,33)/b32-26+/t23-/m0/s1. The van der Waals surface area contributed by atoms with Gasteiger partial charge < -0.3 is 15.3 Å². The number of thiophene rings is 1. The van der Waals surface area contributed by atoms with Crippen LogP contribution in [0.3, 0.4) is 0 Å². The molecule has 5 rings (SSSR count). The molecule has 188 valence electrons. The van der Waals surface area contributed by atoms with Crippen LogP contribution in [-0.4, -0.2) is 23.9 Å². The first kappa shape index (κ1) is 25.1. The molecule has 0 radical (unpaired) electrons. The summed E-state index contributed by atoms with van der Waals surface area (Å²) >= 11 is 3.19. The number of hydrogen-bond acceptors (Lipinski definition) is 6. The SMILES string of the molecule is COc1ccc([C@@H]2C/C(=N\O)c3c(SCc4ccccc4)sc(C(=O)NCc4ccccc4)c3C2)cc1. The zero-order valence-electron chi connectivity index (χ0n) is 20.5. The molecule has 0 fully saturated rings. The van der Waals surface area contributed by atoms with Crippen LogP contribution >= 0.6 is 23.1 Å². The Morgan fingerprint density at radius 3 is 2.32 bits per heavy atom. The predicted molar refractivity (Wildman–Crippen MR) is 150 cm³/mol. The Morgan fingerprint density at radius 1 is 1.00 bits per heavy atom. The molecule has 0 bridgehead atoms. The first-order chi connectivity index (χ1) is 18.2. The van der Waals surface area contributed by atoms with Gasteiger partial charge in [-0.25, -0.2) is 0 Å². The summed E-state index contributed by atoms with van der Waals surface area (Å²) in [6, 6.07) is 28.2. The van der Waals surface area contributed by atoms with Crippen LogP contribution in [0.5, 0.6) is 5.75 Å². The van der Waals surface area contributed by atoms with Crippen LogP contribution in [0.4, 0.5) is 0 Å². The summed E-state index contributed by atoms with van der Waals surface area (Å²) in [5.74, 6) is 1.59. The zero-order valence-corrected chi connectivity index (χ0v) is 22.1. The molecule has 1 aliphatic carbocycles. The topological polar surface area (TPSA) is 70.9 Å². The third-order valence-electron chi connectivity index (χ3n) is 6.58. The zero-order chi connectivity index (χ0) is 25.6. The Kier molecular flexibility index (Phi) is 7.92. The minimum atomic E-state index is -0.0932. The number of rotatable bonds is 8. The second-order valence-corrected chi connectivity index (χ2v) is 11.2. The van der Waals surface area contributed by atoms with Gasteiger partial charge in [-0.2, -0.15) is 0 Å². The molecule has 1 aromatic heterocycles. The van der Waals surface area contributed by atoms with E-state index in [2.05, 4.69) is 34.7 Å². The largest absolute Gasteiger partial charge is 0.497 e. The van der Waals surface area contributed by atoms with E-state index < -0.39 is 0 Å². The van der Waals surface area contributed by atoms with Gasteiger partial charge in [0, 0.05) is 24.3 Å². The average molecular weight is 529 g/mol. The number of carbonyl (C=O) groups excluding carboxylic acids is 1. The first-order valence-electron chi connectivity index (χ1n) is 12.2. The molecule has 37 heavy (non-hydrogen) atoms. The second kappa shape index (κ2) is 11.7. The number of carbonyl (C=O) groups is 1. The monoisotopic (exact) mass is 528 g/mol. The fourth-order valence-electron chi connectivity index (χ4n) is 4.65. The quantitative estimate of drug-likeness (QED) is 0.148. The van der Waals surface area contributed by atoms with Crippen LogP contribution in [-0.2, 0) is 18.7 Å². The highest BCUT2D eigenvalue weighted by molar-refractivity contribution is 8.00. The maximum absolute atomic E-state index is 13.5. The van der Waals surface area contributed by atoms with Crippen molar-refractivity contribution in [2.75, 3.05) is 7.11 Å². The Bertz CT molecular complexity index is 1380. The Balaban J connectivity index is 1.47. The van der Waals surface area contributed by atoms with E-state index in [1.54, 1.807) is 18.9 Å². The van der Waals surface area contributed by atoms with E-state index in [1.165, 1.54) is 16.9 Å². The van der Waals surface area contributed by atoms with Gasteiger partial charge in [-0.15, -0.1) is 23.1 Å². The van der Waals surface area contributed by atoms with Crippen molar-refractivity contribution in [1.29, 1.82) is 0 Å². The van der Waals surface area contributed by atoms with Gasteiger partial charge in [0.05, 0.1) is 21.9 Å². The lowest BCUT2D eigenvalue weighted by molar-refractivity contribution is 0.0954. The minimum Gasteiger partial charge on any atom is -0.497 e. The lowest BCUT2D eigenvalue weighted by atomic mass is 9.80. The van der Waals surface area contributed by atoms with E-state index in [0.717, 1.165) is 38.0 Å². The second-order valence-electron chi connectivity index (χ2n) is 8.94. The average Bonchev–Trinajstić information content (AvgIpc) is 3.34. The number of thioether (sulfide) groups is 1. The van der Waals surface area contributed by atoms with Crippen LogP contribution in [0, 0.1) is 0 Å². The van der Waals surface area contributed by atoms with Gasteiger partial charge in [0.2, 0.25) is 0 Å². The maximum Gasteiger partial charge on any atom is 0.261 e. The molecule has 3 aromatic carbocycles. The van der Waals surface area contributed by atoms with Crippen LogP contribution < -0.4 is 10.1 Å². The molecule has 4 aromatic rings. The number of oxime groups is 1. The fraction of sp³-hybridized carbons (Fsp3) is 0.200. The summed E-state index contributed by atoms with van der Waals surface area (Å²) in [4.78, 5) is 14.2. The Hall–Kier alpha value is -3.55. The van der Waals surface area contributed by atoms with Gasteiger partial charge >= 0.3 is 0 Å². The smallest absolute Gasteiger partial charge is 0.261 e. The Morgan fingerprint density at radius 2 is 1.68 bits per heavy atom. The summed E-state index contributed by atoms with van der Waals surface area (Å²) in [6.07, 6.45) is 1.31. The molecular formula is C30H28N2O3S2. The molecule has 5 nitrogen and oxygen atoms in total. The third kappa shape index (κ3) is 5.73. The van der Waals surface area contributed by atoms with Gasteiger partial charge in [0.15, 0.2) is 0 Å². The van der Waals surface area contributed by atoms with Gasteiger partial charge in [-0.05, 0) is 46.7 Å². The number of ether oxygens (including phenoxy) is 1. The molecule has 1 aliphatic rings. The predicted octanol–water partition coefficient (Wildman–Crippen LogP) is 6.89. The van der Waals surface area contributed by atoms with Crippen LogP contribution in [0.2, 0.25) is 0 Å². The number of amides is 1. The molecule has 0 unspecified atom stereocenters. The number of nitrogens with one attached hydrogen (secondary N) is 1. The van der Waals surface area contributed by atoms with E-state index in [4.69, 9.17) is 4.74 Å². The lowest BCUT2D eigenvalue weighted by Gasteiger charge is -2.25. The lowest BCUT2D eigenvalue weighted by Crippen LogP contribution is -2.25. The molecule has 2 N–H and O–H groups in total. The number of nitrogens with zero attached hydrogens (tertiary/aromatic N) is 1. The molecule has 0 saturated heterocycles. The number of methoxy groups -OCH3 is 1. The molecule has 0 aliphatic heterocycles. The van der Waals surface area contributed by atoms with Crippen molar-refractivity contribution < 1.29 is 14.7 Å². The highest BCUT2D eigenvalue weighted by Gasteiger charge is 2.34. The van der Waals surface area contributed by atoms with Crippen molar-refractivity contribution in [1.82, 2.24) is 5.32 Å². The molecular weight excluding hydrogens is 500 g/mol. The van der Waals surface area contributed by atoms with Crippen LogP contribution in [0.15, 0.2) is 94.3 Å². The molecule has 7 heteroatoms. The van der Waals surface area contributed by atoms with Crippen molar-refractivity contribution in [2.45, 2.75) is 35.3 Å². The van der Waals surface area contributed by atoms with Gasteiger partial charge in [0.25, 0.3) is 5.91 Å². The van der Waals surface area contributed by atoms with Crippen molar-refractivity contribution in [2.24, 2.45) is 5.16 Å². The van der Waals surface area contributed by atoms with E-state index >= 15 is 0 Å². The molecule has 1 heterocycles. The number of hydrogen-bond donors (Lipinski definition) is 2.